The number of aliphatic carboxylic acids is 1. The third-order valence-electron chi connectivity index (χ3n) is 2.47. The summed E-state index contributed by atoms with van der Waals surface area (Å²) in [7, 11) is 0. The molecule has 1 aliphatic heterocycles. The number of benzene rings is 1. The topological polar surface area (TPSA) is 58.9 Å². The molecule has 0 bridgehead atoms. The second-order valence-electron chi connectivity index (χ2n) is 3.85. The standard InChI is InChI=1S/C11H10ClNO3/c1-11(10(14)15)6-9(13-16-11)7-3-2-4-8(12)5-7/h2-5H,6H2,1H3,(H,14,15). The maximum absolute atomic E-state index is 10.9. The average Bonchev–Trinajstić information content (AvgIpc) is 2.62. The molecule has 1 aliphatic rings. The summed E-state index contributed by atoms with van der Waals surface area (Å²) >= 11 is 5.84. The third kappa shape index (κ3) is 1.88. The van der Waals surface area contributed by atoms with Crippen molar-refractivity contribution in [3.8, 4) is 0 Å². The number of hydrogen-bond donors (Lipinski definition) is 1. The number of carboxylic acid groups (broad SMARTS) is 1. The van der Waals surface area contributed by atoms with Crippen LogP contribution in [0.1, 0.15) is 18.9 Å². The molecule has 1 aromatic rings. The molecule has 16 heavy (non-hydrogen) atoms. The molecule has 1 aromatic carbocycles. The average molecular weight is 240 g/mol. The zero-order valence-corrected chi connectivity index (χ0v) is 9.36. The molecule has 84 valence electrons. The summed E-state index contributed by atoms with van der Waals surface area (Å²) in [6.07, 6.45) is 0.239. The van der Waals surface area contributed by atoms with E-state index < -0.39 is 11.6 Å². The molecule has 4 nitrogen and oxygen atoms in total. The van der Waals surface area contributed by atoms with Gasteiger partial charge in [0.15, 0.2) is 0 Å². The molecule has 5 heteroatoms. The van der Waals surface area contributed by atoms with Crippen LogP contribution in [0.15, 0.2) is 29.4 Å². The quantitative estimate of drug-likeness (QED) is 0.862. The molecule has 2 rings (SSSR count). The Bertz CT molecular complexity index is 472. The number of halogens is 1. The third-order valence-corrected chi connectivity index (χ3v) is 2.71. The fourth-order valence-electron chi connectivity index (χ4n) is 1.48. The van der Waals surface area contributed by atoms with Gasteiger partial charge in [-0.05, 0) is 19.1 Å². The van der Waals surface area contributed by atoms with E-state index in [4.69, 9.17) is 21.5 Å². The Morgan fingerprint density at radius 2 is 2.38 bits per heavy atom. The lowest BCUT2D eigenvalue weighted by Crippen LogP contribution is -2.35. The summed E-state index contributed by atoms with van der Waals surface area (Å²) in [5, 5.41) is 13.4. The highest BCUT2D eigenvalue weighted by molar-refractivity contribution is 6.31. The van der Waals surface area contributed by atoms with Crippen LogP contribution in [0.3, 0.4) is 0 Å². The molecule has 0 radical (unpaired) electrons. The van der Waals surface area contributed by atoms with E-state index in [9.17, 15) is 4.79 Å². The van der Waals surface area contributed by atoms with Gasteiger partial charge in [-0.25, -0.2) is 4.79 Å². The summed E-state index contributed by atoms with van der Waals surface area (Å²) in [6, 6.07) is 7.09. The molecular formula is C11H10ClNO3. The van der Waals surface area contributed by atoms with Gasteiger partial charge < -0.3 is 9.94 Å². The summed E-state index contributed by atoms with van der Waals surface area (Å²) < 4.78 is 0. The van der Waals surface area contributed by atoms with Gasteiger partial charge in [-0.15, -0.1) is 0 Å². The highest BCUT2D eigenvalue weighted by Gasteiger charge is 2.42. The maximum Gasteiger partial charge on any atom is 0.351 e. The van der Waals surface area contributed by atoms with Crippen molar-refractivity contribution >= 4 is 23.3 Å². The number of hydrogen-bond acceptors (Lipinski definition) is 3. The minimum absolute atomic E-state index is 0.239. The highest BCUT2D eigenvalue weighted by atomic mass is 35.5. The van der Waals surface area contributed by atoms with Crippen molar-refractivity contribution in [1.29, 1.82) is 0 Å². The van der Waals surface area contributed by atoms with E-state index in [-0.39, 0.29) is 6.42 Å². The van der Waals surface area contributed by atoms with Crippen LogP contribution in [-0.2, 0) is 9.63 Å². The van der Waals surface area contributed by atoms with Crippen molar-refractivity contribution < 1.29 is 14.7 Å². The van der Waals surface area contributed by atoms with Crippen LogP contribution in [0.4, 0.5) is 0 Å². The molecule has 1 N–H and O–H groups in total. The van der Waals surface area contributed by atoms with Crippen molar-refractivity contribution in [2.75, 3.05) is 0 Å². The minimum atomic E-state index is -1.27. The Morgan fingerprint density at radius 3 is 2.94 bits per heavy atom. The van der Waals surface area contributed by atoms with Gasteiger partial charge in [0.25, 0.3) is 0 Å². The van der Waals surface area contributed by atoms with Crippen LogP contribution in [0.25, 0.3) is 0 Å². The fourth-order valence-corrected chi connectivity index (χ4v) is 1.67. The van der Waals surface area contributed by atoms with E-state index in [1.165, 1.54) is 6.92 Å². The molecule has 1 heterocycles. The van der Waals surface area contributed by atoms with E-state index in [2.05, 4.69) is 5.16 Å². The second-order valence-corrected chi connectivity index (χ2v) is 4.29. The number of oxime groups is 1. The monoisotopic (exact) mass is 239 g/mol. The zero-order chi connectivity index (χ0) is 11.8. The van der Waals surface area contributed by atoms with Crippen LogP contribution in [-0.4, -0.2) is 22.4 Å². The van der Waals surface area contributed by atoms with Crippen LogP contribution in [0, 0.1) is 0 Å². The first-order valence-corrected chi connectivity index (χ1v) is 5.13. The lowest BCUT2D eigenvalue weighted by molar-refractivity contribution is -0.160. The highest BCUT2D eigenvalue weighted by Crippen LogP contribution is 2.27. The minimum Gasteiger partial charge on any atom is -0.478 e. The van der Waals surface area contributed by atoms with Crippen molar-refractivity contribution in [3.05, 3.63) is 34.9 Å². The van der Waals surface area contributed by atoms with Gasteiger partial charge in [-0.1, -0.05) is 28.9 Å². The number of nitrogens with zero attached hydrogens (tertiary/aromatic N) is 1. The van der Waals surface area contributed by atoms with Gasteiger partial charge in [0.1, 0.15) is 0 Å². The van der Waals surface area contributed by atoms with Crippen LogP contribution >= 0.6 is 11.6 Å². The number of rotatable bonds is 2. The second kappa shape index (κ2) is 3.79. The molecule has 1 atom stereocenters. The molecule has 0 spiro atoms. The smallest absolute Gasteiger partial charge is 0.351 e. The predicted molar refractivity (Wildman–Crippen MR) is 59.7 cm³/mol. The number of carboxylic acids is 1. The predicted octanol–water partition coefficient (Wildman–Crippen LogP) is 2.31. The molecule has 0 saturated carbocycles. The Morgan fingerprint density at radius 1 is 1.62 bits per heavy atom. The molecule has 0 aliphatic carbocycles. The first-order chi connectivity index (χ1) is 7.51. The summed E-state index contributed by atoms with van der Waals surface area (Å²) in [5.41, 5.74) is 0.127. The first-order valence-electron chi connectivity index (χ1n) is 4.76. The largest absolute Gasteiger partial charge is 0.478 e. The normalized spacial score (nSPS) is 23.8. The molecule has 0 aromatic heterocycles. The van der Waals surface area contributed by atoms with E-state index in [0.29, 0.717) is 10.7 Å². The van der Waals surface area contributed by atoms with E-state index in [0.717, 1.165) is 5.56 Å². The van der Waals surface area contributed by atoms with Gasteiger partial charge in [0.2, 0.25) is 5.60 Å². The maximum atomic E-state index is 10.9. The molecule has 0 fully saturated rings. The molecular weight excluding hydrogens is 230 g/mol. The molecule has 0 saturated heterocycles. The van der Waals surface area contributed by atoms with E-state index in [1.54, 1.807) is 18.2 Å². The van der Waals surface area contributed by atoms with E-state index in [1.807, 2.05) is 6.07 Å². The molecule has 1 unspecified atom stereocenters. The summed E-state index contributed by atoms with van der Waals surface area (Å²) in [4.78, 5) is 15.9. The van der Waals surface area contributed by atoms with Crippen LogP contribution in [0.5, 0.6) is 0 Å². The van der Waals surface area contributed by atoms with E-state index >= 15 is 0 Å². The van der Waals surface area contributed by atoms with Gasteiger partial charge >= 0.3 is 5.97 Å². The SMILES string of the molecule is CC1(C(=O)O)CC(c2cccc(Cl)c2)=NO1. The number of carbonyl (C=O) groups is 1. The van der Waals surface area contributed by atoms with Crippen LogP contribution < -0.4 is 0 Å². The van der Waals surface area contributed by atoms with Crippen molar-refractivity contribution in [2.24, 2.45) is 5.16 Å². The Hall–Kier alpha value is -1.55. The van der Waals surface area contributed by atoms with Crippen molar-refractivity contribution in [2.45, 2.75) is 18.9 Å². The Balaban J connectivity index is 2.24. The lowest BCUT2D eigenvalue weighted by atomic mass is 9.96. The van der Waals surface area contributed by atoms with Crippen molar-refractivity contribution in [1.82, 2.24) is 0 Å². The Labute approximate surface area is 97.5 Å². The van der Waals surface area contributed by atoms with Gasteiger partial charge in [0, 0.05) is 17.0 Å². The van der Waals surface area contributed by atoms with Crippen LogP contribution in [0.2, 0.25) is 5.02 Å². The zero-order valence-electron chi connectivity index (χ0n) is 8.61. The van der Waals surface area contributed by atoms with Gasteiger partial charge in [-0.3, -0.25) is 0 Å². The Kier molecular flexibility index (Phi) is 2.59. The van der Waals surface area contributed by atoms with Gasteiger partial charge in [0.05, 0.1) is 5.71 Å². The molecule has 0 amide bonds. The van der Waals surface area contributed by atoms with Gasteiger partial charge in [-0.2, -0.15) is 0 Å². The fraction of sp³-hybridized carbons (Fsp3) is 0.273. The summed E-state index contributed by atoms with van der Waals surface area (Å²) in [5.74, 6) is -1.02. The summed E-state index contributed by atoms with van der Waals surface area (Å²) in [6.45, 7) is 1.50. The first kappa shape index (κ1) is 11.0. The lowest BCUT2D eigenvalue weighted by Gasteiger charge is -2.14. The van der Waals surface area contributed by atoms with Crippen molar-refractivity contribution in [3.63, 3.8) is 0 Å².